The van der Waals surface area contributed by atoms with Crippen LogP contribution in [0.4, 0.5) is 0 Å². The molecule has 0 spiro atoms. The number of ether oxygens (including phenoxy) is 1. The molecule has 2 aliphatic rings. The zero-order chi connectivity index (χ0) is 14.8. The smallest absolute Gasteiger partial charge is 0.169 e. The number of nitrogens with zero attached hydrogens (tertiary/aromatic N) is 3. The van der Waals surface area contributed by atoms with Gasteiger partial charge in [-0.1, -0.05) is 6.92 Å². The first-order chi connectivity index (χ1) is 9.50. The highest BCUT2D eigenvalue weighted by atomic mass is 16.5. The highest BCUT2D eigenvalue weighted by Gasteiger charge is 2.35. The van der Waals surface area contributed by atoms with Crippen LogP contribution in [-0.2, 0) is 4.74 Å². The van der Waals surface area contributed by atoms with E-state index in [1.165, 1.54) is 0 Å². The van der Waals surface area contributed by atoms with E-state index < -0.39 is 0 Å². The number of amidine groups is 1. The Morgan fingerprint density at radius 1 is 1.50 bits per heavy atom. The van der Waals surface area contributed by atoms with E-state index in [9.17, 15) is 5.11 Å². The van der Waals surface area contributed by atoms with E-state index in [4.69, 9.17) is 10.5 Å². The van der Waals surface area contributed by atoms with Gasteiger partial charge in [-0.3, -0.25) is 4.99 Å². The van der Waals surface area contributed by atoms with Crippen LogP contribution in [0.15, 0.2) is 9.98 Å². The Bertz CT molecular complexity index is 398. The van der Waals surface area contributed by atoms with Crippen molar-refractivity contribution in [2.24, 2.45) is 21.1 Å². The summed E-state index contributed by atoms with van der Waals surface area (Å²) in [5.74, 6) is 0.789. The summed E-state index contributed by atoms with van der Waals surface area (Å²) in [5, 5.41) is 9.44. The van der Waals surface area contributed by atoms with Crippen molar-refractivity contribution in [3.8, 4) is 0 Å². The summed E-state index contributed by atoms with van der Waals surface area (Å²) >= 11 is 0. The van der Waals surface area contributed by atoms with Crippen LogP contribution in [0.3, 0.4) is 0 Å². The van der Waals surface area contributed by atoms with Gasteiger partial charge in [-0.05, 0) is 25.2 Å². The first kappa shape index (κ1) is 15.4. The molecule has 0 saturated carbocycles. The molecule has 2 heterocycles. The minimum Gasteiger partial charge on any atom is -0.390 e. The molecule has 3 N–H and O–H groups in total. The van der Waals surface area contributed by atoms with Crippen molar-refractivity contribution in [1.82, 2.24) is 4.90 Å². The molecule has 20 heavy (non-hydrogen) atoms. The number of likely N-dealkylation sites (tertiary alicyclic amines) is 1. The summed E-state index contributed by atoms with van der Waals surface area (Å²) < 4.78 is 5.26. The Morgan fingerprint density at radius 3 is 2.65 bits per heavy atom. The molecule has 0 aliphatic carbocycles. The SMILES string of the molecule is COC1CN=C(CO)C(N2CCC(C)(C(C)N)CC2)=N1. The largest absolute Gasteiger partial charge is 0.390 e. The summed E-state index contributed by atoms with van der Waals surface area (Å²) in [5.41, 5.74) is 6.94. The van der Waals surface area contributed by atoms with Crippen molar-refractivity contribution in [2.45, 2.75) is 39.0 Å². The highest BCUT2D eigenvalue weighted by molar-refractivity contribution is 6.42. The molecule has 0 aromatic rings. The van der Waals surface area contributed by atoms with Gasteiger partial charge in [0.05, 0.1) is 13.2 Å². The number of piperidine rings is 1. The molecule has 0 amide bonds. The van der Waals surface area contributed by atoms with Crippen molar-refractivity contribution >= 4 is 11.5 Å². The van der Waals surface area contributed by atoms with Gasteiger partial charge in [0.2, 0.25) is 0 Å². The minimum absolute atomic E-state index is 0.0731. The predicted molar refractivity (Wildman–Crippen MR) is 80.2 cm³/mol. The van der Waals surface area contributed by atoms with Gasteiger partial charge in [0.15, 0.2) is 6.23 Å². The lowest BCUT2D eigenvalue weighted by Gasteiger charge is -2.43. The second-order valence-electron chi connectivity index (χ2n) is 6.02. The van der Waals surface area contributed by atoms with E-state index in [0.29, 0.717) is 12.3 Å². The summed E-state index contributed by atoms with van der Waals surface area (Å²) in [6.07, 6.45) is 1.82. The van der Waals surface area contributed by atoms with E-state index in [-0.39, 0.29) is 24.3 Å². The number of aliphatic hydroxyl groups excluding tert-OH is 1. The number of hydrogen-bond acceptors (Lipinski definition) is 6. The van der Waals surface area contributed by atoms with Crippen LogP contribution in [-0.4, -0.2) is 67.2 Å². The number of rotatable bonds is 3. The molecule has 2 rings (SSSR count). The quantitative estimate of drug-likeness (QED) is 0.777. The molecule has 0 bridgehead atoms. The predicted octanol–water partition coefficient (Wildman–Crippen LogP) is 0.254. The first-order valence-corrected chi connectivity index (χ1v) is 7.26. The summed E-state index contributed by atoms with van der Waals surface area (Å²) in [6.45, 7) is 6.53. The Morgan fingerprint density at radius 2 is 2.15 bits per heavy atom. The van der Waals surface area contributed by atoms with Gasteiger partial charge in [0.25, 0.3) is 0 Å². The fourth-order valence-electron chi connectivity index (χ4n) is 2.71. The third-order valence-corrected chi connectivity index (χ3v) is 4.69. The van der Waals surface area contributed by atoms with Crippen LogP contribution < -0.4 is 5.73 Å². The first-order valence-electron chi connectivity index (χ1n) is 7.26. The molecule has 0 aromatic carbocycles. The van der Waals surface area contributed by atoms with E-state index in [2.05, 4.69) is 28.7 Å². The number of aliphatic imine (C=N–C) groups is 2. The maximum Gasteiger partial charge on any atom is 0.169 e. The highest BCUT2D eigenvalue weighted by Crippen LogP contribution is 2.33. The van der Waals surface area contributed by atoms with Crippen molar-refractivity contribution < 1.29 is 9.84 Å². The van der Waals surface area contributed by atoms with Crippen molar-refractivity contribution in [3.63, 3.8) is 0 Å². The van der Waals surface area contributed by atoms with Crippen LogP contribution >= 0.6 is 0 Å². The molecular formula is C14H26N4O2. The molecule has 6 nitrogen and oxygen atoms in total. The van der Waals surface area contributed by atoms with E-state index in [1.807, 2.05) is 0 Å². The third-order valence-electron chi connectivity index (χ3n) is 4.69. The molecule has 6 heteroatoms. The zero-order valence-corrected chi connectivity index (χ0v) is 12.7. The second-order valence-corrected chi connectivity index (χ2v) is 6.02. The number of methoxy groups -OCH3 is 1. The fraction of sp³-hybridized carbons (Fsp3) is 0.857. The topological polar surface area (TPSA) is 83.4 Å². The van der Waals surface area contributed by atoms with Crippen molar-refractivity contribution in [2.75, 3.05) is 33.4 Å². The second kappa shape index (κ2) is 6.20. The van der Waals surface area contributed by atoms with E-state index in [1.54, 1.807) is 7.11 Å². The third kappa shape index (κ3) is 3.02. The average molecular weight is 282 g/mol. The minimum atomic E-state index is -0.234. The van der Waals surface area contributed by atoms with Gasteiger partial charge in [0, 0.05) is 26.2 Å². The Hall–Kier alpha value is -0.980. The Labute approximate surface area is 120 Å². The number of hydrogen-bond donors (Lipinski definition) is 2. The average Bonchev–Trinajstić information content (AvgIpc) is 2.47. The monoisotopic (exact) mass is 282 g/mol. The molecule has 0 aromatic heterocycles. The molecule has 2 unspecified atom stereocenters. The molecular weight excluding hydrogens is 256 g/mol. The zero-order valence-electron chi connectivity index (χ0n) is 12.7. The maximum atomic E-state index is 9.44. The molecule has 1 saturated heterocycles. The number of aliphatic hydroxyl groups is 1. The lowest BCUT2D eigenvalue weighted by molar-refractivity contribution is 0.111. The van der Waals surface area contributed by atoms with Gasteiger partial charge in [-0.25, -0.2) is 4.99 Å². The molecule has 114 valence electrons. The van der Waals surface area contributed by atoms with E-state index in [0.717, 1.165) is 31.8 Å². The molecule has 2 aliphatic heterocycles. The molecule has 2 atom stereocenters. The Kier molecular flexibility index (Phi) is 4.78. The normalized spacial score (nSPS) is 27.9. The van der Waals surface area contributed by atoms with Gasteiger partial charge < -0.3 is 20.5 Å². The summed E-state index contributed by atoms with van der Waals surface area (Å²) in [7, 11) is 1.63. The van der Waals surface area contributed by atoms with Crippen LogP contribution in [0.1, 0.15) is 26.7 Å². The van der Waals surface area contributed by atoms with Crippen LogP contribution in [0, 0.1) is 5.41 Å². The van der Waals surface area contributed by atoms with Crippen LogP contribution in [0.5, 0.6) is 0 Å². The van der Waals surface area contributed by atoms with Gasteiger partial charge in [0.1, 0.15) is 11.5 Å². The fourth-order valence-corrected chi connectivity index (χ4v) is 2.71. The van der Waals surface area contributed by atoms with Crippen molar-refractivity contribution in [1.29, 1.82) is 0 Å². The van der Waals surface area contributed by atoms with Crippen LogP contribution in [0.2, 0.25) is 0 Å². The summed E-state index contributed by atoms with van der Waals surface area (Å²) in [4.78, 5) is 11.1. The van der Waals surface area contributed by atoms with E-state index >= 15 is 0 Å². The Balaban J connectivity index is 2.08. The van der Waals surface area contributed by atoms with Crippen LogP contribution in [0.25, 0.3) is 0 Å². The van der Waals surface area contributed by atoms with Gasteiger partial charge >= 0.3 is 0 Å². The number of nitrogens with two attached hydrogens (primary N) is 1. The lowest BCUT2D eigenvalue weighted by atomic mass is 9.75. The maximum absolute atomic E-state index is 9.44. The van der Waals surface area contributed by atoms with Gasteiger partial charge in [-0.2, -0.15) is 0 Å². The lowest BCUT2D eigenvalue weighted by Crippen LogP contribution is -2.51. The van der Waals surface area contributed by atoms with Crippen molar-refractivity contribution in [3.05, 3.63) is 0 Å². The summed E-state index contributed by atoms with van der Waals surface area (Å²) in [6, 6.07) is 0.190. The molecule has 1 fully saturated rings. The standard InChI is InChI=1S/C14H26N4O2/c1-10(15)14(2)4-6-18(7-5-14)13-11(9-19)16-8-12(17-13)20-3/h10,12,19H,4-9,15H2,1-3H3. The molecule has 0 radical (unpaired) electrons. The van der Waals surface area contributed by atoms with Gasteiger partial charge in [-0.15, -0.1) is 0 Å².